The van der Waals surface area contributed by atoms with Crippen LogP contribution in [0.15, 0.2) is 36.7 Å². The van der Waals surface area contributed by atoms with Crippen molar-refractivity contribution in [2.75, 3.05) is 39.9 Å². The topological polar surface area (TPSA) is 42.8 Å². The molecule has 26 heavy (non-hydrogen) atoms. The molecule has 2 aliphatic rings. The van der Waals surface area contributed by atoms with Gasteiger partial charge in [-0.3, -0.25) is 14.5 Å². The minimum Gasteiger partial charge on any atom is -0.497 e. The zero-order chi connectivity index (χ0) is 17.9. The van der Waals surface area contributed by atoms with Crippen LogP contribution < -0.4 is 4.74 Å². The van der Waals surface area contributed by atoms with E-state index in [0.29, 0.717) is 12.0 Å². The van der Waals surface area contributed by atoms with E-state index in [2.05, 4.69) is 33.2 Å². The van der Waals surface area contributed by atoms with Crippen molar-refractivity contribution in [1.29, 1.82) is 0 Å². The zero-order valence-corrected chi connectivity index (χ0v) is 15.7. The number of fused-ring (bicyclic) bond motifs is 1. The summed E-state index contributed by atoms with van der Waals surface area (Å²) in [5.74, 6) is 1.49. The van der Waals surface area contributed by atoms with Gasteiger partial charge in [0.05, 0.1) is 26.0 Å². The highest BCUT2D eigenvalue weighted by Gasteiger charge is 2.36. The third kappa shape index (κ3) is 4.09. The van der Waals surface area contributed by atoms with Crippen LogP contribution >= 0.6 is 0 Å². The van der Waals surface area contributed by atoms with Crippen LogP contribution in [0.3, 0.4) is 0 Å². The SMILES string of the molecule is COc1ccc(CN2C[C@@H]3CN(Cc4cnn(C)c4)CCO[C@@H]3C2)cc1. The normalized spacial score (nSPS) is 24.4. The molecule has 6 heteroatoms. The fourth-order valence-electron chi connectivity index (χ4n) is 4.12. The van der Waals surface area contributed by atoms with Crippen LogP contribution in [-0.2, 0) is 24.9 Å². The predicted molar refractivity (Wildman–Crippen MR) is 100.0 cm³/mol. The number of aryl methyl sites for hydroxylation is 1. The summed E-state index contributed by atoms with van der Waals surface area (Å²) in [5, 5.41) is 4.28. The van der Waals surface area contributed by atoms with Gasteiger partial charge in [-0.15, -0.1) is 0 Å². The quantitative estimate of drug-likeness (QED) is 0.817. The largest absolute Gasteiger partial charge is 0.497 e. The van der Waals surface area contributed by atoms with Crippen molar-refractivity contribution in [3.05, 3.63) is 47.8 Å². The summed E-state index contributed by atoms with van der Waals surface area (Å²) in [6, 6.07) is 8.39. The van der Waals surface area contributed by atoms with Crippen molar-refractivity contribution >= 4 is 0 Å². The summed E-state index contributed by atoms with van der Waals surface area (Å²) in [6.07, 6.45) is 4.42. The number of aromatic nitrogens is 2. The van der Waals surface area contributed by atoms with Crippen LogP contribution in [0.25, 0.3) is 0 Å². The minimum absolute atomic E-state index is 0.354. The highest BCUT2D eigenvalue weighted by molar-refractivity contribution is 5.27. The van der Waals surface area contributed by atoms with E-state index in [9.17, 15) is 0 Å². The van der Waals surface area contributed by atoms with Gasteiger partial charge in [0.15, 0.2) is 0 Å². The Balaban J connectivity index is 1.34. The van der Waals surface area contributed by atoms with Gasteiger partial charge in [-0.2, -0.15) is 5.10 Å². The molecule has 2 aromatic rings. The lowest BCUT2D eigenvalue weighted by atomic mass is 10.1. The summed E-state index contributed by atoms with van der Waals surface area (Å²) in [7, 11) is 3.68. The Morgan fingerprint density at radius 2 is 1.85 bits per heavy atom. The minimum atomic E-state index is 0.354. The van der Waals surface area contributed by atoms with Gasteiger partial charge in [-0.25, -0.2) is 0 Å². The fraction of sp³-hybridized carbons (Fsp3) is 0.550. The molecule has 2 fully saturated rings. The van der Waals surface area contributed by atoms with Crippen LogP contribution in [0.4, 0.5) is 0 Å². The van der Waals surface area contributed by atoms with Crippen LogP contribution in [0, 0.1) is 5.92 Å². The molecule has 140 valence electrons. The number of benzene rings is 1. The lowest BCUT2D eigenvalue weighted by molar-refractivity contribution is 0.0510. The third-order valence-electron chi connectivity index (χ3n) is 5.42. The molecular formula is C20H28N4O2. The lowest BCUT2D eigenvalue weighted by Gasteiger charge is -2.23. The first-order chi connectivity index (χ1) is 12.7. The maximum atomic E-state index is 6.18. The van der Waals surface area contributed by atoms with Crippen LogP contribution in [0.2, 0.25) is 0 Å². The van der Waals surface area contributed by atoms with Gasteiger partial charge in [-0.05, 0) is 17.7 Å². The van der Waals surface area contributed by atoms with E-state index in [0.717, 1.165) is 51.6 Å². The summed E-state index contributed by atoms with van der Waals surface area (Å²) in [6.45, 7) is 6.97. The number of ether oxygens (including phenoxy) is 2. The molecular weight excluding hydrogens is 328 g/mol. The summed E-state index contributed by atoms with van der Waals surface area (Å²) in [5.41, 5.74) is 2.61. The maximum Gasteiger partial charge on any atom is 0.118 e. The predicted octanol–water partition coefficient (Wildman–Crippen LogP) is 1.76. The Bertz CT molecular complexity index is 715. The number of likely N-dealkylation sites (tertiary alicyclic amines) is 1. The molecule has 0 N–H and O–H groups in total. The monoisotopic (exact) mass is 356 g/mol. The Morgan fingerprint density at radius 3 is 2.58 bits per heavy atom. The van der Waals surface area contributed by atoms with Gasteiger partial charge in [0.25, 0.3) is 0 Å². The van der Waals surface area contributed by atoms with Crippen molar-refractivity contribution in [3.63, 3.8) is 0 Å². The van der Waals surface area contributed by atoms with Gasteiger partial charge < -0.3 is 9.47 Å². The van der Waals surface area contributed by atoms with E-state index < -0.39 is 0 Å². The van der Waals surface area contributed by atoms with E-state index in [4.69, 9.17) is 9.47 Å². The van der Waals surface area contributed by atoms with Crippen LogP contribution in [0.1, 0.15) is 11.1 Å². The van der Waals surface area contributed by atoms with E-state index in [1.807, 2.05) is 30.1 Å². The van der Waals surface area contributed by atoms with E-state index in [1.165, 1.54) is 11.1 Å². The van der Waals surface area contributed by atoms with Gasteiger partial charge in [-0.1, -0.05) is 12.1 Å². The summed E-state index contributed by atoms with van der Waals surface area (Å²) >= 11 is 0. The number of hydrogen-bond acceptors (Lipinski definition) is 5. The highest BCUT2D eigenvalue weighted by Crippen LogP contribution is 2.26. The zero-order valence-electron chi connectivity index (χ0n) is 15.7. The molecule has 0 amide bonds. The average molecular weight is 356 g/mol. The smallest absolute Gasteiger partial charge is 0.118 e. The number of rotatable bonds is 5. The lowest BCUT2D eigenvalue weighted by Crippen LogP contribution is -2.32. The molecule has 0 radical (unpaired) electrons. The molecule has 2 atom stereocenters. The van der Waals surface area contributed by atoms with Crippen molar-refractivity contribution in [2.24, 2.45) is 13.0 Å². The molecule has 1 aromatic heterocycles. The Hall–Kier alpha value is -1.89. The molecule has 2 aliphatic heterocycles. The molecule has 2 saturated heterocycles. The standard InChI is InChI=1S/C20H28N4O2/c1-22-10-17(9-21-22)12-23-7-8-26-20-15-24(14-18(20)13-23)11-16-3-5-19(25-2)6-4-16/h3-6,9-10,18,20H,7-8,11-15H2,1-2H3/t18-,20+/m0/s1. The number of hydrogen-bond donors (Lipinski definition) is 0. The molecule has 0 saturated carbocycles. The summed E-state index contributed by atoms with van der Waals surface area (Å²) in [4.78, 5) is 5.03. The fourth-order valence-corrected chi connectivity index (χ4v) is 4.12. The average Bonchev–Trinajstić information content (AvgIpc) is 3.16. The second-order valence-corrected chi connectivity index (χ2v) is 7.47. The second-order valence-electron chi connectivity index (χ2n) is 7.47. The van der Waals surface area contributed by atoms with Crippen molar-refractivity contribution in [3.8, 4) is 5.75 Å². The van der Waals surface area contributed by atoms with Crippen molar-refractivity contribution in [1.82, 2.24) is 19.6 Å². The van der Waals surface area contributed by atoms with Crippen molar-refractivity contribution in [2.45, 2.75) is 19.2 Å². The Kier molecular flexibility index (Phi) is 5.24. The molecule has 4 rings (SSSR count). The molecule has 6 nitrogen and oxygen atoms in total. The first-order valence-electron chi connectivity index (χ1n) is 9.36. The molecule has 0 bridgehead atoms. The number of nitrogens with zero attached hydrogens (tertiary/aromatic N) is 4. The van der Waals surface area contributed by atoms with Crippen LogP contribution in [-0.4, -0.2) is 65.6 Å². The van der Waals surface area contributed by atoms with Gasteiger partial charge in [0.2, 0.25) is 0 Å². The molecule has 0 aliphatic carbocycles. The Labute approximate surface area is 155 Å². The van der Waals surface area contributed by atoms with Crippen LogP contribution in [0.5, 0.6) is 5.75 Å². The van der Waals surface area contributed by atoms with Crippen molar-refractivity contribution < 1.29 is 9.47 Å². The second kappa shape index (κ2) is 7.78. The molecule has 3 heterocycles. The van der Waals surface area contributed by atoms with E-state index in [1.54, 1.807) is 7.11 Å². The van der Waals surface area contributed by atoms with Gasteiger partial charge in [0, 0.05) is 64.0 Å². The van der Waals surface area contributed by atoms with Gasteiger partial charge >= 0.3 is 0 Å². The molecule has 1 aromatic carbocycles. The first-order valence-corrected chi connectivity index (χ1v) is 9.36. The first kappa shape index (κ1) is 17.5. The number of methoxy groups -OCH3 is 1. The van der Waals surface area contributed by atoms with E-state index >= 15 is 0 Å². The van der Waals surface area contributed by atoms with Gasteiger partial charge in [0.1, 0.15) is 5.75 Å². The maximum absolute atomic E-state index is 6.18. The van der Waals surface area contributed by atoms with E-state index in [-0.39, 0.29) is 0 Å². The Morgan fingerprint density at radius 1 is 1.08 bits per heavy atom. The highest BCUT2D eigenvalue weighted by atomic mass is 16.5. The molecule has 0 unspecified atom stereocenters. The third-order valence-corrected chi connectivity index (χ3v) is 5.42. The summed E-state index contributed by atoms with van der Waals surface area (Å²) < 4.78 is 13.3. The molecule has 0 spiro atoms.